The molecule has 0 fully saturated rings. The van der Waals surface area contributed by atoms with Gasteiger partial charge in [0.2, 0.25) is 0 Å². The summed E-state index contributed by atoms with van der Waals surface area (Å²) in [5, 5.41) is 13.1. The zero-order valence-corrected chi connectivity index (χ0v) is 13.9. The molecule has 1 aromatic rings. The summed E-state index contributed by atoms with van der Waals surface area (Å²) in [6, 6.07) is 8.53. The molecule has 0 heterocycles. The molecule has 20 heavy (non-hydrogen) atoms. The van der Waals surface area contributed by atoms with E-state index in [1.807, 2.05) is 40.0 Å². The third-order valence-electron chi connectivity index (χ3n) is 3.21. The molecule has 3 unspecified atom stereocenters. The van der Waals surface area contributed by atoms with E-state index in [1.165, 1.54) is 5.56 Å². The lowest BCUT2D eigenvalue weighted by atomic mass is 10.1. The molecule has 0 aliphatic carbocycles. The first kappa shape index (κ1) is 17.3. The Morgan fingerprint density at radius 3 is 2.20 bits per heavy atom. The fourth-order valence-corrected chi connectivity index (χ4v) is 2.92. The Morgan fingerprint density at radius 2 is 1.75 bits per heavy atom. The van der Waals surface area contributed by atoms with E-state index >= 15 is 0 Å². The first-order valence-electron chi connectivity index (χ1n) is 7.17. The van der Waals surface area contributed by atoms with Crippen molar-refractivity contribution in [1.29, 1.82) is 0 Å². The molecule has 0 saturated carbocycles. The van der Waals surface area contributed by atoms with Crippen molar-refractivity contribution >= 4 is 11.8 Å². The van der Waals surface area contributed by atoms with E-state index in [-0.39, 0.29) is 23.5 Å². The summed E-state index contributed by atoms with van der Waals surface area (Å²) < 4.78 is 5.65. The summed E-state index contributed by atoms with van der Waals surface area (Å²) in [6.45, 7) is 7.95. The van der Waals surface area contributed by atoms with Gasteiger partial charge in [0.15, 0.2) is 0 Å². The molecule has 114 valence electrons. The maximum absolute atomic E-state index is 9.54. The summed E-state index contributed by atoms with van der Waals surface area (Å²) in [4.78, 5) is 0. The Hall–Kier alpha value is -0.710. The van der Waals surface area contributed by atoms with Gasteiger partial charge in [0.1, 0.15) is 5.75 Å². The highest BCUT2D eigenvalue weighted by Gasteiger charge is 2.14. The van der Waals surface area contributed by atoms with E-state index in [0.29, 0.717) is 0 Å². The van der Waals surface area contributed by atoms with Crippen LogP contribution in [-0.2, 0) is 0 Å². The molecule has 0 bridgehead atoms. The van der Waals surface area contributed by atoms with Crippen LogP contribution in [0.15, 0.2) is 24.3 Å². The highest BCUT2D eigenvalue weighted by atomic mass is 32.2. The maximum atomic E-state index is 9.54. The number of aliphatic hydroxyl groups is 1. The molecular weight excluding hydrogens is 270 g/mol. The van der Waals surface area contributed by atoms with Gasteiger partial charge in [-0.15, -0.1) is 0 Å². The average molecular weight is 297 g/mol. The summed E-state index contributed by atoms with van der Waals surface area (Å²) in [5.41, 5.74) is 1.24. The SMILES string of the molecule is CNC(CSC(C)C(C)O)c1ccc(OC(C)C)cc1. The maximum Gasteiger partial charge on any atom is 0.119 e. The van der Waals surface area contributed by atoms with Gasteiger partial charge in [0, 0.05) is 17.0 Å². The summed E-state index contributed by atoms with van der Waals surface area (Å²) in [7, 11) is 1.97. The molecule has 4 heteroatoms. The normalized spacial score (nSPS) is 15.9. The predicted molar refractivity (Wildman–Crippen MR) is 87.6 cm³/mol. The van der Waals surface area contributed by atoms with Crippen molar-refractivity contribution in [3.05, 3.63) is 29.8 Å². The second-order valence-corrected chi connectivity index (χ2v) is 6.77. The standard InChI is InChI=1S/C16H27NO2S/c1-11(2)19-15-8-6-14(7-9-15)16(17-5)10-20-13(4)12(3)18/h6-9,11-13,16-18H,10H2,1-5H3. The molecule has 0 aromatic heterocycles. The van der Waals surface area contributed by atoms with E-state index in [0.717, 1.165) is 11.5 Å². The van der Waals surface area contributed by atoms with Crippen LogP contribution in [0.1, 0.15) is 39.3 Å². The molecule has 0 spiro atoms. The molecule has 0 aliphatic heterocycles. The number of hydrogen-bond donors (Lipinski definition) is 2. The molecule has 0 amide bonds. The Labute approximate surface area is 127 Å². The second kappa shape index (κ2) is 8.55. The number of nitrogens with one attached hydrogen (secondary N) is 1. The predicted octanol–water partition coefficient (Wildman–Crippen LogP) is 3.24. The van der Waals surface area contributed by atoms with Gasteiger partial charge in [0.05, 0.1) is 12.2 Å². The fourth-order valence-electron chi connectivity index (χ4n) is 1.78. The van der Waals surface area contributed by atoms with Crippen molar-refractivity contribution in [1.82, 2.24) is 5.32 Å². The molecular formula is C16H27NO2S. The van der Waals surface area contributed by atoms with Crippen LogP contribution in [0.2, 0.25) is 0 Å². The van der Waals surface area contributed by atoms with Crippen molar-refractivity contribution in [3.8, 4) is 5.75 Å². The van der Waals surface area contributed by atoms with Crippen molar-refractivity contribution in [2.45, 2.75) is 51.2 Å². The molecule has 3 nitrogen and oxygen atoms in total. The van der Waals surface area contributed by atoms with Crippen molar-refractivity contribution in [2.24, 2.45) is 0 Å². The number of ether oxygens (including phenoxy) is 1. The molecule has 0 radical (unpaired) electrons. The van der Waals surface area contributed by atoms with Gasteiger partial charge in [-0.2, -0.15) is 11.8 Å². The Bertz CT molecular complexity index is 379. The number of hydrogen-bond acceptors (Lipinski definition) is 4. The van der Waals surface area contributed by atoms with Crippen LogP contribution in [0.4, 0.5) is 0 Å². The zero-order valence-electron chi connectivity index (χ0n) is 13.1. The molecule has 0 aliphatic rings. The summed E-state index contributed by atoms with van der Waals surface area (Å²) in [5.74, 6) is 1.84. The topological polar surface area (TPSA) is 41.5 Å². The van der Waals surface area contributed by atoms with Crippen LogP contribution in [0.25, 0.3) is 0 Å². The van der Waals surface area contributed by atoms with E-state index in [2.05, 4.69) is 24.4 Å². The highest BCUT2D eigenvalue weighted by Crippen LogP contribution is 2.24. The molecule has 1 aromatic carbocycles. The number of aliphatic hydroxyl groups excluding tert-OH is 1. The first-order valence-corrected chi connectivity index (χ1v) is 8.22. The monoisotopic (exact) mass is 297 g/mol. The molecule has 2 N–H and O–H groups in total. The van der Waals surface area contributed by atoms with Crippen LogP contribution in [0.3, 0.4) is 0 Å². The number of rotatable bonds is 8. The zero-order chi connectivity index (χ0) is 15.1. The van der Waals surface area contributed by atoms with Crippen molar-refractivity contribution in [2.75, 3.05) is 12.8 Å². The van der Waals surface area contributed by atoms with Crippen LogP contribution in [0, 0.1) is 0 Å². The van der Waals surface area contributed by atoms with E-state index in [9.17, 15) is 5.11 Å². The smallest absolute Gasteiger partial charge is 0.119 e. The Morgan fingerprint density at radius 1 is 1.15 bits per heavy atom. The number of benzene rings is 1. The second-order valence-electron chi connectivity index (χ2n) is 5.36. The van der Waals surface area contributed by atoms with E-state index in [4.69, 9.17) is 4.74 Å². The van der Waals surface area contributed by atoms with Gasteiger partial charge in [-0.3, -0.25) is 0 Å². The number of thioether (sulfide) groups is 1. The van der Waals surface area contributed by atoms with Gasteiger partial charge in [0.25, 0.3) is 0 Å². The molecule has 0 saturated heterocycles. The third-order valence-corrected chi connectivity index (χ3v) is 4.65. The van der Waals surface area contributed by atoms with Gasteiger partial charge in [-0.05, 0) is 45.5 Å². The van der Waals surface area contributed by atoms with Crippen LogP contribution in [0.5, 0.6) is 5.75 Å². The summed E-state index contributed by atoms with van der Waals surface area (Å²) in [6.07, 6.45) is -0.0808. The van der Waals surface area contributed by atoms with Gasteiger partial charge in [-0.1, -0.05) is 19.1 Å². The Kier molecular flexibility index (Phi) is 7.41. The third kappa shape index (κ3) is 5.73. The lowest BCUT2D eigenvalue weighted by molar-refractivity contribution is 0.196. The lowest BCUT2D eigenvalue weighted by Crippen LogP contribution is -2.22. The van der Waals surface area contributed by atoms with Crippen molar-refractivity contribution in [3.63, 3.8) is 0 Å². The Balaban J connectivity index is 2.61. The molecule has 1 rings (SSSR count). The quantitative estimate of drug-likeness (QED) is 0.773. The summed E-state index contributed by atoms with van der Waals surface area (Å²) >= 11 is 1.78. The van der Waals surface area contributed by atoms with Crippen LogP contribution >= 0.6 is 11.8 Å². The minimum Gasteiger partial charge on any atom is -0.491 e. The van der Waals surface area contributed by atoms with Gasteiger partial charge >= 0.3 is 0 Å². The van der Waals surface area contributed by atoms with Gasteiger partial charge < -0.3 is 15.2 Å². The largest absolute Gasteiger partial charge is 0.491 e. The lowest BCUT2D eigenvalue weighted by Gasteiger charge is -2.21. The fraction of sp³-hybridized carbons (Fsp3) is 0.625. The molecule has 3 atom stereocenters. The highest BCUT2D eigenvalue weighted by molar-refractivity contribution is 7.99. The van der Waals surface area contributed by atoms with Crippen LogP contribution < -0.4 is 10.1 Å². The van der Waals surface area contributed by atoms with Crippen molar-refractivity contribution < 1.29 is 9.84 Å². The van der Waals surface area contributed by atoms with Crippen LogP contribution in [-0.4, -0.2) is 35.4 Å². The first-order chi connectivity index (χ1) is 9.43. The van der Waals surface area contributed by atoms with E-state index < -0.39 is 0 Å². The van der Waals surface area contributed by atoms with Gasteiger partial charge in [-0.25, -0.2) is 0 Å². The van der Waals surface area contributed by atoms with E-state index in [1.54, 1.807) is 11.8 Å². The average Bonchev–Trinajstić information content (AvgIpc) is 2.40. The minimum atomic E-state index is -0.278. The minimum absolute atomic E-state index is 0.198.